The van der Waals surface area contributed by atoms with Crippen LogP contribution in [0, 0.1) is 0 Å². The Morgan fingerprint density at radius 2 is 1.80 bits per heavy atom. The van der Waals surface area contributed by atoms with Gasteiger partial charge < -0.3 is 18.6 Å². The van der Waals surface area contributed by atoms with Gasteiger partial charge in [-0.1, -0.05) is 0 Å². The van der Waals surface area contributed by atoms with Crippen LogP contribution in [0.3, 0.4) is 0 Å². The van der Waals surface area contributed by atoms with Gasteiger partial charge in [-0.15, -0.1) is 0 Å². The van der Waals surface area contributed by atoms with Gasteiger partial charge >= 0.3 is 52.7 Å². The second kappa shape index (κ2) is 22.4. The Morgan fingerprint density at radius 1 is 1.40 bits per heavy atom. The van der Waals surface area contributed by atoms with E-state index in [1.54, 1.807) is 6.92 Å². The molecule has 0 aromatic carbocycles. The van der Waals surface area contributed by atoms with Crippen molar-refractivity contribution >= 4 is 42.0 Å². The molecule has 1 nitrogen and oxygen atoms in total. The number of aliphatic hydroxyl groups excluding tert-OH is 1. The number of aliphatic hydroxyl groups is 1. The molecule has 63 valence electrons. The van der Waals surface area contributed by atoms with Crippen LogP contribution in [0.1, 0.15) is 26.7 Å². The molecule has 0 saturated carbocycles. The van der Waals surface area contributed by atoms with Gasteiger partial charge in [0.25, 0.3) is 0 Å². The Bertz CT molecular complexity index is 53.0. The zero-order valence-corrected chi connectivity index (χ0v) is 11.2. The predicted molar refractivity (Wildman–Crippen MR) is 54.6 cm³/mol. The average Bonchev–Trinajstić information content (AvgIpc) is 1.86. The van der Waals surface area contributed by atoms with E-state index in [0.29, 0.717) is 0 Å². The van der Waals surface area contributed by atoms with Crippen molar-refractivity contribution in [2.24, 2.45) is 0 Å². The fourth-order valence-electron chi connectivity index (χ4n) is 0.249. The van der Waals surface area contributed by atoms with Crippen LogP contribution in [0.4, 0.5) is 0 Å². The summed E-state index contributed by atoms with van der Waals surface area (Å²) in [6.07, 6.45) is 2.72. The third kappa shape index (κ3) is 34.5. The summed E-state index contributed by atoms with van der Waals surface area (Å²) in [5.74, 6) is 0. The summed E-state index contributed by atoms with van der Waals surface area (Å²) in [6, 6.07) is 0. The second-order valence-corrected chi connectivity index (χ2v) is 5.75. The van der Waals surface area contributed by atoms with Gasteiger partial charge in [-0.25, -0.2) is 0 Å². The maximum atomic E-state index is 7.57. The molecule has 0 unspecified atom stereocenters. The molecule has 0 aliphatic carbocycles. The van der Waals surface area contributed by atoms with Crippen LogP contribution >= 0.6 is 9.29 Å². The van der Waals surface area contributed by atoms with Crippen LogP contribution in [0.15, 0.2) is 0 Å². The summed E-state index contributed by atoms with van der Waals surface area (Å²) in [4.78, 5) is 0. The van der Waals surface area contributed by atoms with Crippen molar-refractivity contribution in [3.05, 3.63) is 0 Å². The summed E-state index contributed by atoms with van der Waals surface area (Å²) in [7, 11) is 4.89. The second-order valence-electron chi connectivity index (χ2n) is 1.56. The van der Waals surface area contributed by atoms with Gasteiger partial charge in [-0.3, -0.25) is 0 Å². The van der Waals surface area contributed by atoms with Crippen molar-refractivity contribution in [2.45, 2.75) is 31.1 Å². The predicted octanol–water partition coefficient (Wildman–Crippen LogP) is 1.75. The van der Waals surface area contributed by atoms with E-state index >= 15 is 0 Å². The number of hydrogen-bond donors (Lipinski definition) is 1. The Hall–Kier alpha value is 1.33. The molecule has 0 heterocycles. The minimum atomic E-state index is -0.227. The van der Waals surface area contributed by atoms with Gasteiger partial charge in [-0.05, 0) is 6.92 Å². The van der Waals surface area contributed by atoms with E-state index in [4.69, 9.17) is 14.4 Å². The first-order valence-electron chi connectivity index (χ1n) is 3.29. The summed E-state index contributed by atoms with van der Waals surface area (Å²) < 4.78 is 1.40. The molecular formula is C6H16OS2Sn-. The Balaban J connectivity index is -0.000000107. The van der Waals surface area contributed by atoms with Gasteiger partial charge in [0.15, 0.2) is 0 Å². The van der Waals surface area contributed by atoms with Crippen LogP contribution in [0.25, 0.3) is 0 Å². The van der Waals surface area contributed by atoms with Gasteiger partial charge in [0.05, 0.1) is 0 Å². The summed E-state index contributed by atoms with van der Waals surface area (Å²) in [5.41, 5.74) is 0. The summed E-state index contributed by atoms with van der Waals surface area (Å²) in [5, 5.41) is 7.57. The van der Waals surface area contributed by atoms with Crippen molar-refractivity contribution in [1.29, 1.82) is 0 Å². The topological polar surface area (TPSA) is 20.2 Å². The largest absolute Gasteiger partial charge is 0.813 e. The fourth-order valence-corrected chi connectivity index (χ4v) is 2.64. The fraction of sp³-hybridized carbons (Fsp3) is 1.00. The van der Waals surface area contributed by atoms with E-state index in [1.807, 2.05) is 0 Å². The zero-order valence-electron chi connectivity index (χ0n) is 6.63. The number of rotatable bonds is 3. The third-order valence-electron chi connectivity index (χ3n) is 0.632. The molecule has 0 aromatic heterocycles. The first-order valence-corrected chi connectivity index (χ1v) is 9.21. The molecule has 0 aliphatic rings. The van der Waals surface area contributed by atoms with Crippen LogP contribution < -0.4 is 0 Å². The van der Waals surface area contributed by atoms with Crippen LogP contribution in [-0.2, 0) is 13.5 Å². The quantitative estimate of drug-likeness (QED) is 0.369. The smallest absolute Gasteiger partial charge is 0.0402 e. The van der Waals surface area contributed by atoms with E-state index in [9.17, 15) is 0 Å². The summed E-state index contributed by atoms with van der Waals surface area (Å²) in [6.45, 7) is 4.14. The van der Waals surface area contributed by atoms with Gasteiger partial charge in [0.1, 0.15) is 0 Å². The Morgan fingerprint density at radius 3 is 1.90 bits per heavy atom. The third-order valence-corrected chi connectivity index (χ3v) is 3.59. The Labute approximate surface area is 84.4 Å². The Kier molecular flexibility index (Phi) is 39.1. The molecule has 0 atom stereocenters. The standard InChI is InChI=1S/C4H9.C2H6O.H2S.S.Sn/c1-3-4-2;1-2-3;;;/h1,3-4H2,2H3;3H,2H2,1H3;1H2;;/p-1. The molecule has 0 bridgehead atoms. The van der Waals surface area contributed by atoms with Crippen molar-refractivity contribution < 1.29 is 5.11 Å². The maximum absolute atomic E-state index is 7.57. The molecular weight excluding hydrogens is 271 g/mol. The molecule has 0 saturated heterocycles. The number of hydrogen-bond acceptors (Lipinski definition) is 3. The van der Waals surface area contributed by atoms with Crippen LogP contribution in [0.2, 0.25) is 4.44 Å². The van der Waals surface area contributed by atoms with Crippen LogP contribution in [0.5, 0.6) is 0 Å². The average molecular weight is 287 g/mol. The first-order chi connectivity index (χ1) is 4.33. The maximum Gasteiger partial charge on any atom is 0.0402 e. The number of unbranched alkanes of at least 4 members (excludes halogenated alkanes) is 1. The van der Waals surface area contributed by atoms with E-state index in [1.165, 1.54) is 17.3 Å². The molecule has 0 rings (SSSR count). The van der Waals surface area contributed by atoms with Crippen LogP contribution in [-0.4, -0.2) is 30.9 Å². The molecule has 10 heavy (non-hydrogen) atoms. The molecule has 0 aromatic rings. The number of thiol groups is 1. The minimum absolute atomic E-state index is 0. The van der Waals surface area contributed by atoms with Crippen molar-refractivity contribution in [1.82, 2.24) is 0 Å². The van der Waals surface area contributed by atoms with Crippen molar-refractivity contribution in [3.8, 4) is 0 Å². The van der Waals surface area contributed by atoms with Gasteiger partial charge in [0, 0.05) is 6.61 Å². The normalized spacial score (nSPS) is 6.70. The van der Waals surface area contributed by atoms with E-state index in [0.717, 1.165) is 0 Å². The van der Waals surface area contributed by atoms with Crippen molar-refractivity contribution in [3.63, 3.8) is 0 Å². The van der Waals surface area contributed by atoms with E-state index in [-0.39, 0.29) is 39.3 Å². The molecule has 0 spiro atoms. The minimum Gasteiger partial charge on any atom is -0.813 e. The molecule has 1 N–H and O–H groups in total. The van der Waals surface area contributed by atoms with E-state index < -0.39 is 0 Å². The molecule has 4 heteroatoms. The zero-order chi connectivity index (χ0) is 7.54. The summed E-state index contributed by atoms with van der Waals surface area (Å²) >= 11 is -0.227. The van der Waals surface area contributed by atoms with E-state index in [2.05, 4.69) is 6.92 Å². The first kappa shape index (κ1) is 17.4. The van der Waals surface area contributed by atoms with Gasteiger partial charge in [0.2, 0.25) is 0 Å². The van der Waals surface area contributed by atoms with Crippen molar-refractivity contribution in [2.75, 3.05) is 6.61 Å². The molecule has 1 radical (unpaired) electrons. The SMILES string of the molecule is CCC[CH2][Sn]=[S].CCO.[SH-]. The molecule has 0 aliphatic heterocycles. The molecule has 0 fully saturated rings. The van der Waals surface area contributed by atoms with Gasteiger partial charge in [-0.2, -0.15) is 0 Å². The molecule has 0 amide bonds. The monoisotopic (exact) mass is 288 g/mol.